The van der Waals surface area contributed by atoms with Crippen molar-refractivity contribution in [1.82, 2.24) is 9.80 Å². The summed E-state index contributed by atoms with van der Waals surface area (Å²) in [6, 6.07) is 0. The van der Waals surface area contributed by atoms with Crippen LogP contribution in [0.15, 0.2) is 12.2 Å². The Labute approximate surface area is 201 Å². The van der Waals surface area contributed by atoms with E-state index >= 15 is 0 Å². The first-order valence-corrected chi connectivity index (χ1v) is 12.2. The smallest absolute Gasteiger partial charge is 0.409 e. The average Bonchev–Trinajstić information content (AvgIpc) is 2.83. The van der Waals surface area contributed by atoms with Gasteiger partial charge >= 0.3 is 24.1 Å². The van der Waals surface area contributed by atoms with Crippen LogP contribution in [-0.4, -0.2) is 86.5 Å². The van der Waals surface area contributed by atoms with Crippen LogP contribution in [0.25, 0.3) is 0 Å². The molecular weight excluding hydrogens is 444 g/mol. The summed E-state index contributed by atoms with van der Waals surface area (Å²) in [7, 11) is 3.16. The number of likely N-dealkylation sites (N-methyl/N-ethyl adjacent to an activating group) is 2. The molecule has 192 valence electrons. The van der Waals surface area contributed by atoms with Gasteiger partial charge in [-0.05, 0) is 51.4 Å². The number of ether oxygens (including phenoxy) is 4. The van der Waals surface area contributed by atoms with Gasteiger partial charge in [0, 0.05) is 26.2 Å². The molecule has 2 fully saturated rings. The molecule has 0 saturated heterocycles. The van der Waals surface area contributed by atoms with Crippen molar-refractivity contribution in [3.63, 3.8) is 0 Å². The summed E-state index contributed by atoms with van der Waals surface area (Å²) in [4.78, 5) is 50.3. The van der Waals surface area contributed by atoms with Crippen LogP contribution in [0.3, 0.4) is 0 Å². The molecule has 2 rings (SSSR count). The number of carbonyl (C=O) groups is 4. The number of carbonyl (C=O) groups excluding carboxylic acids is 4. The predicted molar refractivity (Wildman–Crippen MR) is 123 cm³/mol. The third-order valence-corrected chi connectivity index (χ3v) is 5.96. The summed E-state index contributed by atoms with van der Waals surface area (Å²) in [5.41, 5.74) is 0. The second kappa shape index (κ2) is 15.2. The fourth-order valence-corrected chi connectivity index (χ4v) is 3.81. The summed E-state index contributed by atoms with van der Waals surface area (Å²) in [5.74, 6) is -1.45. The molecule has 0 atom stereocenters. The largest absolute Gasteiger partial charge is 0.461 e. The molecule has 0 unspecified atom stereocenters. The minimum Gasteiger partial charge on any atom is -0.461 e. The van der Waals surface area contributed by atoms with Crippen LogP contribution in [0, 0.1) is 0 Å². The van der Waals surface area contributed by atoms with Gasteiger partial charge < -0.3 is 28.7 Å². The quantitative estimate of drug-likeness (QED) is 0.264. The zero-order chi connectivity index (χ0) is 24.8. The molecule has 34 heavy (non-hydrogen) atoms. The highest BCUT2D eigenvalue weighted by molar-refractivity contribution is 5.91. The van der Waals surface area contributed by atoms with Gasteiger partial charge in [-0.15, -0.1) is 0 Å². The molecule has 10 nitrogen and oxygen atoms in total. The first-order valence-electron chi connectivity index (χ1n) is 12.2. The summed E-state index contributed by atoms with van der Waals surface area (Å²) < 4.78 is 20.9. The Morgan fingerprint density at radius 2 is 1.00 bits per heavy atom. The van der Waals surface area contributed by atoms with Crippen LogP contribution in [0.4, 0.5) is 9.59 Å². The molecule has 0 spiro atoms. The molecule has 0 aromatic heterocycles. The molecule has 0 N–H and O–H groups in total. The molecule has 2 saturated carbocycles. The lowest BCUT2D eigenvalue weighted by atomic mass is 9.98. The maximum atomic E-state index is 12.0. The first-order chi connectivity index (χ1) is 16.3. The third-order valence-electron chi connectivity index (χ3n) is 5.96. The van der Waals surface area contributed by atoms with Gasteiger partial charge in [0.05, 0.1) is 13.1 Å². The van der Waals surface area contributed by atoms with E-state index in [0.717, 1.165) is 63.5 Å². The molecule has 10 heteroatoms. The molecule has 0 heterocycles. The van der Waals surface area contributed by atoms with Crippen LogP contribution < -0.4 is 0 Å². The maximum Gasteiger partial charge on any atom is 0.409 e. The van der Waals surface area contributed by atoms with E-state index < -0.39 is 24.1 Å². The molecule has 0 radical (unpaired) electrons. The summed E-state index contributed by atoms with van der Waals surface area (Å²) >= 11 is 0. The van der Waals surface area contributed by atoms with E-state index in [9.17, 15) is 19.2 Å². The average molecular weight is 483 g/mol. The molecule has 2 aliphatic rings. The van der Waals surface area contributed by atoms with E-state index in [4.69, 9.17) is 18.9 Å². The highest BCUT2D eigenvalue weighted by Gasteiger charge is 2.21. The van der Waals surface area contributed by atoms with Crippen molar-refractivity contribution in [2.75, 3.05) is 40.4 Å². The summed E-state index contributed by atoms with van der Waals surface area (Å²) in [6.07, 6.45) is 11.1. The van der Waals surface area contributed by atoms with Crippen molar-refractivity contribution in [2.45, 2.75) is 76.4 Å². The van der Waals surface area contributed by atoms with Gasteiger partial charge in [0.1, 0.15) is 25.4 Å². The van der Waals surface area contributed by atoms with Gasteiger partial charge in [0.25, 0.3) is 0 Å². The number of nitrogens with zero attached hydrogens (tertiary/aromatic N) is 2. The monoisotopic (exact) mass is 482 g/mol. The van der Waals surface area contributed by atoms with Gasteiger partial charge in [-0.1, -0.05) is 12.8 Å². The van der Waals surface area contributed by atoms with Gasteiger partial charge in [0.2, 0.25) is 0 Å². The summed E-state index contributed by atoms with van der Waals surface area (Å²) in [6.45, 7) is 0.308. The fourth-order valence-electron chi connectivity index (χ4n) is 3.81. The minimum atomic E-state index is -0.723. The van der Waals surface area contributed by atoms with Crippen molar-refractivity contribution in [2.24, 2.45) is 0 Å². The Morgan fingerprint density at radius 1 is 0.647 bits per heavy atom. The lowest BCUT2D eigenvalue weighted by Gasteiger charge is -2.25. The van der Waals surface area contributed by atoms with Crippen molar-refractivity contribution in [3.05, 3.63) is 12.2 Å². The van der Waals surface area contributed by atoms with Crippen molar-refractivity contribution < 1.29 is 38.1 Å². The van der Waals surface area contributed by atoms with Crippen LogP contribution >= 0.6 is 0 Å². The minimum absolute atomic E-state index is 0.0254. The van der Waals surface area contributed by atoms with Gasteiger partial charge in [-0.3, -0.25) is 0 Å². The van der Waals surface area contributed by atoms with Crippen LogP contribution in [0.1, 0.15) is 64.2 Å². The van der Waals surface area contributed by atoms with E-state index in [-0.39, 0.29) is 38.5 Å². The van der Waals surface area contributed by atoms with Crippen LogP contribution in [0.2, 0.25) is 0 Å². The molecule has 2 aliphatic carbocycles. The van der Waals surface area contributed by atoms with Gasteiger partial charge in [0.15, 0.2) is 0 Å². The Balaban J connectivity index is 1.54. The maximum absolute atomic E-state index is 12.0. The normalized spacial score (nSPS) is 17.1. The standard InChI is InChI=1S/C24H38N2O8/c1-25(23(29)33-19-9-5-3-6-10-19)15-17-31-21(27)13-14-22(28)32-18-16-26(2)24(30)34-20-11-7-4-8-12-20/h13-14,19-20H,3-12,15-18H2,1-2H3/b14-13+. The van der Waals surface area contributed by atoms with E-state index in [1.165, 1.54) is 22.6 Å². The van der Waals surface area contributed by atoms with E-state index in [0.29, 0.717) is 0 Å². The van der Waals surface area contributed by atoms with Crippen molar-refractivity contribution in [3.8, 4) is 0 Å². The number of rotatable bonds is 10. The van der Waals surface area contributed by atoms with Crippen LogP contribution in [0.5, 0.6) is 0 Å². The zero-order valence-corrected chi connectivity index (χ0v) is 20.4. The second-order valence-electron chi connectivity index (χ2n) is 8.80. The topological polar surface area (TPSA) is 112 Å². The highest BCUT2D eigenvalue weighted by atomic mass is 16.6. The first kappa shape index (κ1) is 27.5. The van der Waals surface area contributed by atoms with E-state index in [1.54, 1.807) is 14.1 Å². The lowest BCUT2D eigenvalue weighted by Crippen LogP contribution is -2.34. The van der Waals surface area contributed by atoms with E-state index in [2.05, 4.69) is 0 Å². The van der Waals surface area contributed by atoms with Gasteiger partial charge in [-0.2, -0.15) is 0 Å². The van der Waals surface area contributed by atoms with E-state index in [1.807, 2.05) is 0 Å². The number of esters is 2. The van der Waals surface area contributed by atoms with Crippen molar-refractivity contribution >= 4 is 24.1 Å². The number of hydrogen-bond donors (Lipinski definition) is 0. The van der Waals surface area contributed by atoms with Gasteiger partial charge in [-0.25, -0.2) is 19.2 Å². The summed E-state index contributed by atoms with van der Waals surface area (Å²) in [5, 5.41) is 0. The Morgan fingerprint density at radius 3 is 1.35 bits per heavy atom. The number of amides is 2. The Kier molecular flexibility index (Phi) is 12.3. The molecule has 2 amide bonds. The molecule has 0 bridgehead atoms. The molecular formula is C24H38N2O8. The van der Waals surface area contributed by atoms with Crippen molar-refractivity contribution in [1.29, 1.82) is 0 Å². The van der Waals surface area contributed by atoms with Crippen LogP contribution in [-0.2, 0) is 28.5 Å². The second-order valence-corrected chi connectivity index (χ2v) is 8.80. The highest BCUT2D eigenvalue weighted by Crippen LogP contribution is 2.21. The molecule has 0 aromatic carbocycles. The SMILES string of the molecule is CN(CCOC(=O)/C=C/C(=O)OCCN(C)C(=O)OC1CCCCC1)C(=O)OC1CCCCC1. The zero-order valence-electron chi connectivity index (χ0n) is 20.4. The third kappa shape index (κ3) is 10.9. The molecule has 0 aliphatic heterocycles. The molecule has 0 aromatic rings. The Hall–Kier alpha value is -2.78. The lowest BCUT2D eigenvalue weighted by molar-refractivity contribution is -0.140. The predicted octanol–water partition coefficient (Wildman–Crippen LogP) is 3.43. The fraction of sp³-hybridized carbons (Fsp3) is 0.750. The Bertz CT molecular complexity index is 641. The number of hydrogen-bond acceptors (Lipinski definition) is 8.